The minimum absolute atomic E-state index is 0.0626. The third-order valence-corrected chi connectivity index (χ3v) is 4.67. The van der Waals surface area contributed by atoms with Gasteiger partial charge in [0.2, 0.25) is 5.91 Å². The lowest BCUT2D eigenvalue weighted by Gasteiger charge is -2.17. The third-order valence-electron chi connectivity index (χ3n) is 3.49. The maximum atomic E-state index is 12.3. The van der Waals surface area contributed by atoms with Crippen LogP contribution in [0.3, 0.4) is 0 Å². The molecule has 0 radical (unpaired) electrons. The van der Waals surface area contributed by atoms with Crippen LogP contribution >= 0.6 is 11.8 Å². The van der Waals surface area contributed by atoms with Gasteiger partial charge in [0.05, 0.1) is 24.5 Å². The van der Waals surface area contributed by atoms with E-state index >= 15 is 0 Å². The minimum Gasteiger partial charge on any atom is -0.324 e. The molecule has 0 saturated heterocycles. The molecule has 0 aliphatic heterocycles. The van der Waals surface area contributed by atoms with Crippen molar-refractivity contribution in [1.29, 1.82) is 5.26 Å². The Labute approximate surface area is 152 Å². The number of nitrogens with one attached hydrogen (secondary N) is 1. The van der Waals surface area contributed by atoms with Crippen LogP contribution in [0.1, 0.15) is 18.9 Å². The van der Waals surface area contributed by atoms with Crippen molar-refractivity contribution in [2.24, 2.45) is 7.05 Å². The van der Waals surface area contributed by atoms with E-state index < -0.39 is 0 Å². The van der Waals surface area contributed by atoms with Crippen molar-refractivity contribution >= 4 is 23.4 Å². The Morgan fingerprint density at radius 1 is 1.48 bits per heavy atom. The van der Waals surface area contributed by atoms with Gasteiger partial charge in [-0.15, -0.1) is 11.8 Å². The Bertz CT molecular complexity index is 752. The summed E-state index contributed by atoms with van der Waals surface area (Å²) in [5.74, 6) is -0.0626. The molecule has 6 nitrogen and oxygen atoms in total. The van der Waals surface area contributed by atoms with Gasteiger partial charge in [-0.25, -0.2) is 0 Å². The number of thioether (sulfide) groups is 1. The lowest BCUT2D eigenvalue weighted by molar-refractivity contribution is -0.117. The molecule has 7 heteroatoms. The first kappa shape index (κ1) is 19.0. The van der Waals surface area contributed by atoms with Crippen molar-refractivity contribution in [3.63, 3.8) is 0 Å². The average molecular weight is 357 g/mol. The number of hydrogen-bond donors (Lipinski definition) is 1. The van der Waals surface area contributed by atoms with Crippen molar-refractivity contribution in [2.75, 3.05) is 18.9 Å². The molecule has 132 valence electrons. The zero-order valence-electron chi connectivity index (χ0n) is 14.8. The number of hydrogen-bond acceptors (Lipinski definition) is 5. The van der Waals surface area contributed by atoms with Gasteiger partial charge in [0, 0.05) is 41.9 Å². The maximum absolute atomic E-state index is 12.3. The molecule has 0 aliphatic carbocycles. The van der Waals surface area contributed by atoms with Gasteiger partial charge in [0.15, 0.2) is 0 Å². The van der Waals surface area contributed by atoms with Crippen molar-refractivity contribution < 1.29 is 4.79 Å². The van der Waals surface area contributed by atoms with E-state index in [1.165, 1.54) is 0 Å². The lowest BCUT2D eigenvalue weighted by atomic mass is 10.3. The first-order chi connectivity index (χ1) is 12.0. The number of amides is 1. The topological polar surface area (TPSA) is 74.0 Å². The number of nitriles is 1. The monoisotopic (exact) mass is 357 g/mol. The zero-order valence-corrected chi connectivity index (χ0v) is 15.6. The van der Waals surface area contributed by atoms with Gasteiger partial charge < -0.3 is 5.32 Å². The first-order valence-electron chi connectivity index (χ1n) is 8.06. The van der Waals surface area contributed by atoms with Gasteiger partial charge in [0.25, 0.3) is 0 Å². The molecule has 1 aromatic heterocycles. The molecule has 1 amide bonds. The van der Waals surface area contributed by atoms with E-state index in [1.54, 1.807) is 22.6 Å². The Morgan fingerprint density at radius 2 is 2.24 bits per heavy atom. The van der Waals surface area contributed by atoms with E-state index in [2.05, 4.69) is 16.5 Å². The van der Waals surface area contributed by atoms with Crippen LogP contribution < -0.4 is 5.32 Å². The molecule has 1 aromatic carbocycles. The van der Waals surface area contributed by atoms with Crippen molar-refractivity contribution in [3.05, 3.63) is 42.2 Å². The van der Waals surface area contributed by atoms with Gasteiger partial charge >= 0.3 is 0 Å². The smallest absolute Gasteiger partial charge is 0.238 e. The number of aromatic nitrogens is 2. The first-order valence-corrected chi connectivity index (χ1v) is 8.94. The number of rotatable bonds is 8. The maximum Gasteiger partial charge on any atom is 0.238 e. The van der Waals surface area contributed by atoms with Gasteiger partial charge in [-0.2, -0.15) is 10.4 Å². The number of benzene rings is 1. The fraction of sp³-hybridized carbons (Fsp3) is 0.389. The molecule has 1 heterocycles. The summed E-state index contributed by atoms with van der Waals surface area (Å²) in [6.07, 6.45) is 4.22. The summed E-state index contributed by atoms with van der Waals surface area (Å²) in [7, 11) is 3.78. The highest BCUT2D eigenvalue weighted by Crippen LogP contribution is 2.31. The molecule has 0 bridgehead atoms. The summed E-state index contributed by atoms with van der Waals surface area (Å²) < 4.78 is 1.75. The predicted octanol–water partition coefficient (Wildman–Crippen LogP) is 2.88. The number of para-hydroxylation sites is 1. The highest BCUT2D eigenvalue weighted by atomic mass is 32.2. The molecule has 25 heavy (non-hydrogen) atoms. The molecular formula is C18H23N5OS. The van der Waals surface area contributed by atoms with Crippen LogP contribution in [0.4, 0.5) is 5.69 Å². The van der Waals surface area contributed by atoms with Crippen LogP contribution in [0.2, 0.25) is 0 Å². The van der Waals surface area contributed by atoms with Gasteiger partial charge in [-0.3, -0.25) is 14.4 Å². The standard InChI is InChI=1S/C18H23N5OS/c1-14(8-9-19)25-17-7-5-4-6-16(17)21-18(24)13-22(2)11-15-10-20-23(3)12-15/h4-7,10,12,14H,8,11,13H2,1-3H3,(H,21,24)/t14-/m0/s1. The number of carbonyl (C=O) groups excluding carboxylic acids is 1. The molecule has 0 aliphatic rings. The van der Waals surface area contributed by atoms with E-state index in [0.717, 1.165) is 16.1 Å². The summed E-state index contributed by atoms with van der Waals surface area (Å²) in [6.45, 7) is 2.96. The van der Waals surface area contributed by atoms with E-state index in [4.69, 9.17) is 5.26 Å². The molecule has 0 fully saturated rings. The van der Waals surface area contributed by atoms with E-state index in [-0.39, 0.29) is 11.2 Å². The fourth-order valence-corrected chi connectivity index (χ4v) is 3.41. The molecule has 0 unspecified atom stereocenters. The van der Waals surface area contributed by atoms with Crippen LogP contribution in [0.15, 0.2) is 41.6 Å². The second-order valence-corrected chi connectivity index (χ2v) is 7.51. The summed E-state index contributed by atoms with van der Waals surface area (Å²) in [4.78, 5) is 15.3. The largest absolute Gasteiger partial charge is 0.324 e. The van der Waals surface area contributed by atoms with E-state index in [9.17, 15) is 4.79 Å². The number of likely N-dealkylation sites (N-methyl/N-ethyl adjacent to an activating group) is 1. The quantitative estimate of drug-likeness (QED) is 0.735. The summed E-state index contributed by atoms with van der Waals surface area (Å²) >= 11 is 1.60. The summed E-state index contributed by atoms with van der Waals surface area (Å²) in [6, 6.07) is 9.87. The minimum atomic E-state index is -0.0626. The average Bonchev–Trinajstić information content (AvgIpc) is 2.94. The van der Waals surface area contributed by atoms with Crippen LogP contribution in [0, 0.1) is 11.3 Å². The molecular weight excluding hydrogens is 334 g/mol. The number of nitrogens with zero attached hydrogens (tertiary/aromatic N) is 4. The number of aryl methyl sites for hydroxylation is 1. The Morgan fingerprint density at radius 3 is 2.92 bits per heavy atom. The highest BCUT2D eigenvalue weighted by molar-refractivity contribution is 8.00. The summed E-state index contributed by atoms with van der Waals surface area (Å²) in [5, 5.41) is 16.1. The number of anilines is 1. The van der Waals surface area contributed by atoms with Crippen molar-refractivity contribution in [2.45, 2.75) is 30.0 Å². The third kappa shape index (κ3) is 6.25. The van der Waals surface area contributed by atoms with Gasteiger partial charge in [-0.05, 0) is 19.2 Å². The van der Waals surface area contributed by atoms with Crippen molar-refractivity contribution in [1.82, 2.24) is 14.7 Å². The SMILES string of the molecule is C[C@@H](CC#N)Sc1ccccc1NC(=O)CN(C)Cc1cnn(C)c1. The molecule has 1 N–H and O–H groups in total. The molecule has 1 atom stereocenters. The Kier molecular flexibility index (Phi) is 7.04. The normalized spacial score (nSPS) is 12.0. The molecule has 0 spiro atoms. The lowest BCUT2D eigenvalue weighted by Crippen LogP contribution is -2.29. The number of carbonyl (C=O) groups is 1. The van der Waals surface area contributed by atoms with Gasteiger partial charge in [-0.1, -0.05) is 19.1 Å². The Hall–Kier alpha value is -2.30. The van der Waals surface area contributed by atoms with E-state index in [1.807, 2.05) is 56.4 Å². The second kappa shape index (κ2) is 9.25. The van der Waals surface area contributed by atoms with Crippen molar-refractivity contribution in [3.8, 4) is 6.07 Å². The van der Waals surface area contributed by atoms with Crippen LogP contribution in [0.25, 0.3) is 0 Å². The fourth-order valence-electron chi connectivity index (χ4n) is 2.42. The predicted molar refractivity (Wildman–Crippen MR) is 100 cm³/mol. The molecule has 0 saturated carbocycles. The van der Waals surface area contributed by atoms with Crippen LogP contribution in [0.5, 0.6) is 0 Å². The molecule has 2 rings (SSSR count). The van der Waals surface area contributed by atoms with E-state index in [0.29, 0.717) is 19.5 Å². The molecule has 2 aromatic rings. The van der Waals surface area contributed by atoms with Gasteiger partial charge in [0.1, 0.15) is 0 Å². The Balaban J connectivity index is 1.92. The van der Waals surface area contributed by atoms with Crippen LogP contribution in [-0.4, -0.2) is 39.4 Å². The summed E-state index contributed by atoms with van der Waals surface area (Å²) in [5.41, 5.74) is 1.86. The second-order valence-electron chi connectivity index (χ2n) is 6.03. The highest BCUT2D eigenvalue weighted by Gasteiger charge is 2.12. The van der Waals surface area contributed by atoms with Crippen LogP contribution in [-0.2, 0) is 18.4 Å². The zero-order chi connectivity index (χ0) is 18.2.